The summed E-state index contributed by atoms with van der Waals surface area (Å²) in [6, 6.07) is 15.4. The van der Waals surface area contributed by atoms with Crippen LogP contribution in [0.15, 0.2) is 48.5 Å². The SMILES string of the molecule is CC(=O)c1ccc(O[C@@H](C)C(=O)OCc2cccc(C#N)c2)cc1. The average Bonchev–Trinajstić information content (AvgIpc) is 2.60. The normalized spacial score (nSPS) is 11.2. The van der Waals surface area contributed by atoms with Crippen molar-refractivity contribution in [1.29, 1.82) is 5.26 Å². The van der Waals surface area contributed by atoms with E-state index in [0.29, 0.717) is 16.9 Å². The van der Waals surface area contributed by atoms with Crippen LogP contribution < -0.4 is 4.74 Å². The Morgan fingerprint density at radius 1 is 1.17 bits per heavy atom. The lowest BCUT2D eigenvalue weighted by Crippen LogP contribution is -2.26. The summed E-state index contributed by atoms with van der Waals surface area (Å²) in [5.74, 6) is -0.0578. The number of Topliss-reactive ketones (excluding diaryl/α,β-unsaturated/α-hetero) is 1. The van der Waals surface area contributed by atoms with Crippen molar-refractivity contribution in [2.45, 2.75) is 26.6 Å². The summed E-state index contributed by atoms with van der Waals surface area (Å²) in [5, 5.41) is 8.85. The minimum atomic E-state index is -0.785. The second-order valence-corrected chi connectivity index (χ2v) is 5.26. The van der Waals surface area contributed by atoms with Crippen LogP contribution in [-0.2, 0) is 16.1 Å². The minimum absolute atomic E-state index is 0.0337. The number of carbonyl (C=O) groups is 2. The molecule has 0 radical (unpaired) electrons. The first-order valence-electron chi connectivity index (χ1n) is 7.43. The molecule has 0 aliphatic rings. The van der Waals surface area contributed by atoms with Gasteiger partial charge in [0.1, 0.15) is 12.4 Å². The van der Waals surface area contributed by atoms with E-state index in [4.69, 9.17) is 14.7 Å². The standard InChI is InChI=1S/C19H17NO4/c1-13(21)17-6-8-18(9-7-17)24-14(2)19(22)23-12-16-5-3-4-15(10-16)11-20/h3-10,14H,12H2,1-2H3/t14-/m0/s1. The zero-order valence-electron chi connectivity index (χ0n) is 13.5. The van der Waals surface area contributed by atoms with Gasteiger partial charge in [-0.2, -0.15) is 5.26 Å². The second-order valence-electron chi connectivity index (χ2n) is 5.26. The Bertz CT molecular complexity index is 775. The quantitative estimate of drug-likeness (QED) is 0.602. The van der Waals surface area contributed by atoms with Crippen LogP contribution in [-0.4, -0.2) is 17.9 Å². The molecule has 0 heterocycles. The second kappa shape index (κ2) is 7.93. The smallest absolute Gasteiger partial charge is 0.347 e. The summed E-state index contributed by atoms with van der Waals surface area (Å²) in [7, 11) is 0. The third-order valence-electron chi connectivity index (χ3n) is 3.34. The van der Waals surface area contributed by atoms with Crippen molar-refractivity contribution in [2.75, 3.05) is 0 Å². The van der Waals surface area contributed by atoms with E-state index in [2.05, 4.69) is 0 Å². The van der Waals surface area contributed by atoms with Gasteiger partial charge in [0.15, 0.2) is 11.9 Å². The molecule has 5 heteroatoms. The molecule has 0 bridgehead atoms. The van der Waals surface area contributed by atoms with Gasteiger partial charge < -0.3 is 9.47 Å². The maximum absolute atomic E-state index is 12.0. The molecule has 24 heavy (non-hydrogen) atoms. The molecule has 1 atom stereocenters. The Labute approximate surface area is 140 Å². The van der Waals surface area contributed by atoms with E-state index in [1.807, 2.05) is 6.07 Å². The van der Waals surface area contributed by atoms with Crippen LogP contribution in [0.25, 0.3) is 0 Å². The molecule has 0 spiro atoms. The Morgan fingerprint density at radius 3 is 2.50 bits per heavy atom. The topological polar surface area (TPSA) is 76.4 Å². The van der Waals surface area contributed by atoms with Crippen molar-refractivity contribution in [3.8, 4) is 11.8 Å². The zero-order chi connectivity index (χ0) is 17.5. The summed E-state index contributed by atoms with van der Waals surface area (Å²) >= 11 is 0. The van der Waals surface area contributed by atoms with E-state index in [0.717, 1.165) is 5.56 Å². The van der Waals surface area contributed by atoms with Crippen LogP contribution in [0.2, 0.25) is 0 Å². The number of hydrogen-bond donors (Lipinski definition) is 0. The molecular weight excluding hydrogens is 306 g/mol. The van der Waals surface area contributed by atoms with Gasteiger partial charge in [0.2, 0.25) is 0 Å². The molecule has 0 unspecified atom stereocenters. The average molecular weight is 323 g/mol. The molecule has 0 saturated heterocycles. The van der Waals surface area contributed by atoms with Crippen LogP contribution in [0.5, 0.6) is 5.75 Å². The van der Waals surface area contributed by atoms with E-state index in [1.165, 1.54) is 6.92 Å². The van der Waals surface area contributed by atoms with Crippen LogP contribution >= 0.6 is 0 Å². The number of carbonyl (C=O) groups excluding carboxylic acids is 2. The van der Waals surface area contributed by atoms with Crippen molar-refractivity contribution < 1.29 is 19.1 Å². The van der Waals surface area contributed by atoms with Crippen LogP contribution in [0.4, 0.5) is 0 Å². The highest BCUT2D eigenvalue weighted by atomic mass is 16.6. The Hall–Kier alpha value is -3.13. The minimum Gasteiger partial charge on any atom is -0.479 e. The molecule has 2 rings (SSSR count). The maximum atomic E-state index is 12.0. The lowest BCUT2D eigenvalue weighted by molar-refractivity contribution is -0.152. The largest absolute Gasteiger partial charge is 0.479 e. The molecular formula is C19H17NO4. The van der Waals surface area contributed by atoms with E-state index in [9.17, 15) is 9.59 Å². The van der Waals surface area contributed by atoms with E-state index in [-0.39, 0.29) is 12.4 Å². The highest BCUT2D eigenvalue weighted by molar-refractivity contribution is 5.94. The predicted octanol–water partition coefficient (Wildman–Crippen LogP) is 3.27. The molecule has 2 aromatic carbocycles. The first-order chi connectivity index (χ1) is 11.5. The lowest BCUT2D eigenvalue weighted by atomic mass is 10.1. The number of rotatable bonds is 6. The van der Waals surface area contributed by atoms with Crippen molar-refractivity contribution in [1.82, 2.24) is 0 Å². The Balaban J connectivity index is 1.89. The maximum Gasteiger partial charge on any atom is 0.347 e. The summed E-state index contributed by atoms with van der Waals surface area (Å²) in [4.78, 5) is 23.2. The summed E-state index contributed by atoms with van der Waals surface area (Å²) in [6.45, 7) is 3.15. The first-order valence-corrected chi connectivity index (χ1v) is 7.43. The molecule has 0 amide bonds. The third kappa shape index (κ3) is 4.68. The van der Waals surface area contributed by atoms with Gasteiger partial charge in [0.05, 0.1) is 11.6 Å². The fourth-order valence-corrected chi connectivity index (χ4v) is 2.02. The predicted molar refractivity (Wildman–Crippen MR) is 87.5 cm³/mol. The van der Waals surface area contributed by atoms with E-state index < -0.39 is 12.1 Å². The molecule has 122 valence electrons. The number of esters is 1. The number of hydrogen-bond acceptors (Lipinski definition) is 5. The number of ether oxygens (including phenoxy) is 2. The van der Waals surface area contributed by atoms with Gasteiger partial charge in [-0.15, -0.1) is 0 Å². The number of ketones is 1. The van der Waals surface area contributed by atoms with Crippen molar-refractivity contribution in [2.24, 2.45) is 0 Å². The van der Waals surface area contributed by atoms with Gasteiger partial charge in [-0.3, -0.25) is 4.79 Å². The molecule has 5 nitrogen and oxygen atoms in total. The zero-order valence-corrected chi connectivity index (χ0v) is 13.5. The lowest BCUT2D eigenvalue weighted by Gasteiger charge is -2.14. The van der Waals surface area contributed by atoms with Gasteiger partial charge >= 0.3 is 5.97 Å². The van der Waals surface area contributed by atoms with Crippen molar-refractivity contribution in [3.63, 3.8) is 0 Å². The summed E-state index contributed by atoms with van der Waals surface area (Å²) < 4.78 is 10.7. The van der Waals surface area contributed by atoms with Crippen LogP contribution in [0, 0.1) is 11.3 Å². The molecule has 0 N–H and O–H groups in total. The molecule has 0 aromatic heterocycles. The number of nitrogens with zero attached hydrogens (tertiary/aromatic N) is 1. The van der Waals surface area contributed by atoms with Gasteiger partial charge in [-0.1, -0.05) is 12.1 Å². The number of benzene rings is 2. The van der Waals surface area contributed by atoms with Crippen LogP contribution in [0.3, 0.4) is 0 Å². The molecule has 0 saturated carbocycles. The third-order valence-corrected chi connectivity index (χ3v) is 3.34. The molecule has 0 aliphatic heterocycles. The van der Waals surface area contributed by atoms with Crippen LogP contribution in [0.1, 0.15) is 35.3 Å². The molecule has 0 fully saturated rings. The van der Waals surface area contributed by atoms with E-state index >= 15 is 0 Å². The first kappa shape index (κ1) is 17.2. The fraction of sp³-hybridized carbons (Fsp3) is 0.211. The van der Waals surface area contributed by atoms with Gasteiger partial charge in [0.25, 0.3) is 0 Å². The van der Waals surface area contributed by atoms with E-state index in [1.54, 1.807) is 55.5 Å². The highest BCUT2D eigenvalue weighted by Crippen LogP contribution is 2.15. The number of nitriles is 1. The summed E-state index contributed by atoms with van der Waals surface area (Å²) in [6.07, 6.45) is -0.785. The highest BCUT2D eigenvalue weighted by Gasteiger charge is 2.16. The van der Waals surface area contributed by atoms with Crippen molar-refractivity contribution >= 4 is 11.8 Å². The molecule has 0 aliphatic carbocycles. The fourth-order valence-electron chi connectivity index (χ4n) is 2.02. The molecule has 2 aromatic rings. The van der Waals surface area contributed by atoms with Gasteiger partial charge in [0, 0.05) is 5.56 Å². The Morgan fingerprint density at radius 2 is 1.88 bits per heavy atom. The Kier molecular flexibility index (Phi) is 5.69. The van der Waals surface area contributed by atoms with Gasteiger partial charge in [-0.25, -0.2) is 4.79 Å². The van der Waals surface area contributed by atoms with Crippen molar-refractivity contribution in [3.05, 3.63) is 65.2 Å². The summed E-state index contributed by atoms with van der Waals surface area (Å²) in [5.41, 5.74) is 1.83. The monoisotopic (exact) mass is 323 g/mol. The van der Waals surface area contributed by atoms with Gasteiger partial charge in [-0.05, 0) is 55.8 Å².